The Morgan fingerprint density at radius 1 is 0.714 bits per heavy atom. The molecule has 9 heteroatoms. The molecule has 0 aromatic carbocycles. The molecule has 162 valence electrons. The van der Waals surface area contributed by atoms with E-state index >= 15 is 0 Å². The van der Waals surface area contributed by atoms with Crippen LogP contribution in [0.5, 0.6) is 0 Å². The quantitative estimate of drug-likeness (QED) is 0.348. The van der Waals surface area contributed by atoms with Crippen LogP contribution in [0.2, 0.25) is 0 Å². The van der Waals surface area contributed by atoms with Crippen LogP contribution < -0.4 is 0 Å². The van der Waals surface area contributed by atoms with Crippen molar-refractivity contribution in [2.24, 2.45) is 23.7 Å². The average Bonchev–Trinajstić information content (AvgIpc) is 2.61. The standard InChI is InChI=1S/C19H32O9/c1-11(15(20)21)13(3)17(24)26-8-7-19(5,6)28-10-9-27-18(25)14(4)12(2)16(22)23/h11-14H,7-10H2,1-6H3,(H,20,21)(H,22,23). The third-order valence-corrected chi connectivity index (χ3v) is 4.79. The number of carbonyl (C=O) groups excluding carboxylic acids is 2. The van der Waals surface area contributed by atoms with Crippen molar-refractivity contribution in [3.8, 4) is 0 Å². The lowest BCUT2D eigenvalue weighted by atomic mass is 9.96. The molecular weight excluding hydrogens is 372 g/mol. The van der Waals surface area contributed by atoms with E-state index in [0.29, 0.717) is 6.42 Å². The molecule has 0 aliphatic carbocycles. The Bertz CT molecular complexity index is 556. The van der Waals surface area contributed by atoms with Crippen LogP contribution in [0.3, 0.4) is 0 Å². The van der Waals surface area contributed by atoms with Crippen molar-refractivity contribution in [1.29, 1.82) is 0 Å². The molecule has 4 unspecified atom stereocenters. The highest BCUT2D eigenvalue weighted by molar-refractivity contribution is 5.81. The molecule has 0 amide bonds. The lowest BCUT2D eigenvalue weighted by molar-refractivity contribution is -0.160. The molecule has 0 radical (unpaired) electrons. The third kappa shape index (κ3) is 9.16. The minimum absolute atomic E-state index is 0.0219. The van der Waals surface area contributed by atoms with E-state index in [1.165, 1.54) is 27.7 Å². The first-order chi connectivity index (χ1) is 12.8. The molecule has 9 nitrogen and oxygen atoms in total. The number of rotatable bonds is 13. The summed E-state index contributed by atoms with van der Waals surface area (Å²) in [5, 5.41) is 17.8. The maximum Gasteiger partial charge on any atom is 0.309 e. The zero-order chi connectivity index (χ0) is 22.1. The van der Waals surface area contributed by atoms with Crippen molar-refractivity contribution in [2.45, 2.75) is 53.6 Å². The van der Waals surface area contributed by atoms with Crippen molar-refractivity contribution in [3.05, 3.63) is 0 Å². The van der Waals surface area contributed by atoms with Crippen LogP contribution in [0.15, 0.2) is 0 Å². The number of hydrogen-bond acceptors (Lipinski definition) is 7. The molecular formula is C19H32O9. The summed E-state index contributed by atoms with van der Waals surface area (Å²) in [4.78, 5) is 45.4. The van der Waals surface area contributed by atoms with Crippen molar-refractivity contribution in [2.75, 3.05) is 19.8 Å². The van der Waals surface area contributed by atoms with E-state index in [1.807, 2.05) is 0 Å². The number of esters is 2. The van der Waals surface area contributed by atoms with Gasteiger partial charge in [-0.25, -0.2) is 0 Å². The Kier molecular flexibility index (Phi) is 10.7. The zero-order valence-electron chi connectivity index (χ0n) is 17.4. The summed E-state index contributed by atoms with van der Waals surface area (Å²) < 4.78 is 15.8. The number of ether oxygens (including phenoxy) is 3. The normalized spacial score (nSPS) is 15.8. The molecule has 0 rings (SSSR count). The molecule has 0 bridgehead atoms. The first kappa shape index (κ1) is 25.8. The Hall–Kier alpha value is -2.16. The lowest BCUT2D eigenvalue weighted by Crippen LogP contribution is -2.32. The largest absolute Gasteiger partial charge is 0.481 e. The fourth-order valence-corrected chi connectivity index (χ4v) is 2.03. The highest BCUT2D eigenvalue weighted by Gasteiger charge is 2.29. The SMILES string of the molecule is CC(C(=O)O)C(C)C(=O)OCCOC(C)(C)CCOC(=O)C(C)C(C)C(=O)O. The minimum atomic E-state index is -1.07. The van der Waals surface area contributed by atoms with Crippen molar-refractivity contribution in [3.63, 3.8) is 0 Å². The Balaban J connectivity index is 4.18. The molecule has 4 atom stereocenters. The van der Waals surface area contributed by atoms with Gasteiger partial charge in [0.1, 0.15) is 6.61 Å². The van der Waals surface area contributed by atoms with Gasteiger partial charge in [-0.15, -0.1) is 0 Å². The smallest absolute Gasteiger partial charge is 0.309 e. The second kappa shape index (κ2) is 11.6. The van der Waals surface area contributed by atoms with Crippen LogP contribution >= 0.6 is 0 Å². The van der Waals surface area contributed by atoms with Crippen molar-refractivity contribution >= 4 is 23.9 Å². The van der Waals surface area contributed by atoms with Crippen LogP contribution in [-0.4, -0.2) is 59.5 Å². The average molecular weight is 404 g/mol. The first-order valence-electron chi connectivity index (χ1n) is 9.23. The molecule has 0 saturated heterocycles. The molecule has 0 aromatic rings. The molecule has 0 spiro atoms. The molecule has 2 N–H and O–H groups in total. The molecule has 28 heavy (non-hydrogen) atoms. The van der Waals surface area contributed by atoms with Gasteiger partial charge in [-0.2, -0.15) is 0 Å². The summed E-state index contributed by atoms with van der Waals surface area (Å²) in [6.45, 7) is 9.58. The van der Waals surface area contributed by atoms with Gasteiger partial charge in [-0.3, -0.25) is 19.2 Å². The summed E-state index contributed by atoms with van der Waals surface area (Å²) in [6, 6.07) is 0. The maximum absolute atomic E-state index is 11.9. The lowest BCUT2D eigenvalue weighted by Gasteiger charge is -2.26. The Labute approximate surface area is 165 Å². The van der Waals surface area contributed by atoms with E-state index in [2.05, 4.69) is 0 Å². The third-order valence-electron chi connectivity index (χ3n) is 4.79. The monoisotopic (exact) mass is 404 g/mol. The molecule has 0 fully saturated rings. The van der Waals surface area contributed by atoms with Gasteiger partial charge in [-0.1, -0.05) is 27.7 Å². The fraction of sp³-hybridized carbons (Fsp3) is 0.789. The number of aliphatic carboxylic acids is 2. The van der Waals surface area contributed by atoms with Crippen molar-refractivity contribution in [1.82, 2.24) is 0 Å². The minimum Gasteiger partial charge on any atom is -0.481 e. The Morgan fingerprint density at radius 2 is 1.11 bits per heavy atom. The van der Waals surface area contributed by atoms with E-state index < -0.39 is 53.1 Å². The van der Waals surface area contributed by atoms with Gasteiger partial charge in [0.2, 0.25) is 0 Å². The van der Waals surface area contributed by atoms with Gasteiger partial charge in [-0.05, 0) is 13.8 Å². The van der Waals surface area contributed by atoms with Crippen LogP contribution in [0.1, 0.15) is 48.0 Å². The summed E-state index contributed by atoms with van der Waals surface area (Å²) in [5.41, 5.74) is -0.658. The number of carboxylic acids is 2. The second-order valence-electron chi connectivity index (χ2n) is 7.52. The first-order valence-corrected chi connectivity index (χ1v) is 9.23. The summed E-state index contributed by atoms with van der Waals surface area (Å²) in [5.74, 6) is -6.51. The van der Waals surface area contributed by atoms with Gasteiger partial charge in [0, 0.05) is 6.42 Å². The summed E-state index contributed by atoms with van der Waals surface area (Å²) >= 11 is 0. The summed E-state index contributed by atoms with van der Waals surface area (Å²) in [7, 11) is 0. The molecule has 0 heterocycles. The predicted octanol–water partition coefficient (Wildman–Crippen LogP) is 1.97. The topological polar surface area (TPSA) is 136 Å². The van der Waals surface area contributed by atoms with E-state index in [1.54, 1.807) is 13.8 Å². The summed E-state index contributed by atoms with van der Waals surface area (Å²) in [6.07, 6.45) is 0.368. The van der Waals surface area contributed by atoms with Crippen molar-refractivity contribution < 1.29 is 43.6 Å². The van der Waals surface area contributed by atoms with Crippen LogP contribution in [-0.2, 0) is 33.4 Å². The number of carbonyl (C=O) groups is 4. The van der Waals surface area contributed by atoms with E-state index in [9.17, 15) is 19.2 Å². The molecule has 0 aliphatic heterocycles. The fourth-order valence-electron chi connectivity index (χ4n) is 2.03. The van der Waals surface area contributed by atoms with E-state index in [0.717, 1.165) is 0 Å². The van der Waals surface area contributed by atoms with Gasteiger partial charge >= 0.3 is 23.9 Å². The van der Waals surface area contributed by atoms with Gasteiger partial charge < -0.3 is 24.4 Å². The number of hydrogen-bond donors (Lipinski definition) is 2. The van der Waals surface area contributed by atoms with Gasteiger partial charge in [0.25, 0.3) is 0 Å². The van der Waals surface area contributed by atoms with E-state index in [4.69, 9.17) is 24.4 Å². The predicted molar refractivity (Wildman–Crippen MR) is 98.5 cm³/mol. The van der Waals surface area contributed by atoms with Gasteiger partial charge in [0.15, 0.2) is 0 Å². The maximum atomic E-state index is 11.9. The highest BCUT2D eigenvalue weighted by atomic mass is 16.6. The van der Waals surface area contributed by atoms with Crippen LogP contribution in [0.4, 0.5) is 0 Å². The van der Waals surface area contributed by atoms with Gasteiger partial charge in [0.05, 0.1) is 42.5 Å². The Morgan fingerprint density at radius 3 is 1.50 bits per heavy atom. The number of carboxylic acid groups (broad SMARTS) is 2. The molecule has 0 saturated carbocycles. The van der Waals surface area contributed by atoms with Crippen LogP contribution in [0, 0.1) is 23.7 Å². The second-order valence-corrected chi connectivity index (χ2v) is 7.52. The van der Waals surface area contributed by atoms with E-state index in [-0.39, 0.29) is 19.8 Å². The molecule has 0 aliphatic rings. The zero-order valence-corrected chi connectivity index (χ0v) is 17.4. The molecule has 0 aromatic heterocycles. The highest BCUT2D eigenvalue weighted by Crippen LogP contribution is 2.17. The van der Waals surface area contributed by atoms with Crippen LogP contribution in [0.25, 0.3) is 0 Å².